The molecule has 0 heterocycles. The summed E-state index contributed by atoms with van der Waals surface area (Å²) in [4.78, 5) is 33.9. The highest BCUT2D eigenvalue weighted by atomic mass is 16.6. The van der Waals surface area contributed by atoms with Gasteiger partial charge in [-0.25, -0.2) is 9.59 Å². The predicted molar refractivity (Wildman–Crippen MR) is 127 cm³/mol. The van der Waals surface area contributed by atoms with Gasteiger partial charge in [-0.2, -0.15) is 0 Å². The molecule has 172 valence electrons. The molecule has 0 aliphatic heterocycles. The fraction of sp³-hybridized carbons (Fsp3) is 0.154. The maximum absolute atomic E-state index is 12.2. The summed E-state index contributed by atoms with van der Waals surface area (Å²) >= 11 is 0. The molecule has 0 saturated carbocycles. The third kappa shape index (κ3) is 4.80. The molecule has 8 nitrogen and oxygen atoms in total. The van der Waals surface area contributed by atoms with Crippen LogP contribution in [0.4, 0.5) is 10.5 Å². The Labute approximate surface area is 195 Å². The minimum Gasteiger partial charge on any atom is -0.478 e. The van der Waals surface area contributed by atoms with Crippen LogP contribution in [0.25, 0.3) is 17.2 Å². The number of nitrogens with one attached hydrogen (secondary N) is 1. The van der Waals surface area contributed by atoms with Gasteiger partial charge >= 0.3 is 12.1 Å². The first-order valence-electron chi connectivity index (χ1n) is 10.7. The van der Waals surface area contributed by atoms with E-state index in [2.05, 4.69) is 17.4 Å². The lowest BCUT2D eigenvalue weighted by atomic mass is 9.98. The number of hydrogen-bond acceptors (Lipinski definition) is 5. The molecule has 1 aliphatic rings. The third-order valence-electron chi connectivity index (χ3n) is 5.70. The van der Waals surface area contributed by atoms with E-state index in [1.807, 2.05) is 36.4 Å². The van der Waals surface area contributed by atoms with Gasteiger partial charge in [-0.05, 0) is 40.3 Å². The summed E-state index contributed by atoms with van der Waals surface area (Å²) in [6.07, 6.45) is 2.99. The summed E-state index contributed by atoms with van der Waals surface area (Å²) in [6.45, 7) is 0.482. The predicted octanol–water partition coefficient (Wildman–Crippen LogP) is 5.24. The fourth-order valence-electron chi connectivity index (χ4n) is 4.11. The Morgan fingerprint density at radius 2 is 1.68 bits per heavy atom. The minimum absolute atomic E-state index is 0.0265. The van der Waals surface area contributed by atoms with Gasteiger partial charge in [0.2, 0.25) is 0 Å². The molecule has 0 spiro atoms. The first-order chi connectivity index (χ1) is 16.5. The number of aromatic carboxylic acids is 1. The molecule has 1 aliphatic carbocycles. The average molecular weight is 458 g/mol. The molecule has 1 amide bonds. The van der Waals surface area contributed by atoms with Crippen LogP contribution >= 0.6 is 0 Å². The molecule has 0 saturated heterocycles. The zero-order valence-corrected chi connectivity index (χ0v) is 18.1. The van der Waals surface area contributed by atoms with Crippen LogP contribution in [0.15, 0.2) is 72.8 Å². The Hall–Kier alpha value is -4.46. The topological polar surface area (TPSA) is 119 Å². The number of non-ortho nitro benzene ring substituents is 1. The highest BCUT2D eigenvalue weighted by molar-refractivity contribution is 5.92. The summed E-state index contributed by atoms with van der Waals surface area (Å²) in [5, 5.41) is 22.9. The second kappa shape index (κ2) is 9.99. The van der Waals surface area contributed by atoms with Crippen molar-refractivity contribution in [1.82, 2.24) is 5.32 Å². The summed E-state index contributed by atoms with van der Waals surface area (Å²) < 4.78 is 5.47. The number of ether oxygens (including phenoxy) is 1. The highest BCUT2D eigenvalue weighted by Gasteiger charge is 2.28. The van der Waals surface area contributed by atoms with Gasteiger partial charge in [-0.1, -0.05) is 60.7 Å². The normalized spacial score (nSPS) is 12.2. The number of benzene rings is 3. The van der Waals surface area contributed by atoms with Gasteiger partial charge in [-0.3, -0.25) is 10.1 Å². The van der Waals surface area contributed by atoms with Crippen molar-refractivity contribution in [2.45, 2.75) is 12.3 Å². The second-order valence-corrected chi connectivity index (χ2v) is 7.78. The lowest BCUT2D eigenvalue weighted by Gasteiger charge is -2.14. The van der Waals surface area contributed by atoms with Gasteiger partial charge in [0.05, 0.1) is 10.5 Å². The van der Waals surface area contributed by atoms with E-state index < -0.39 is 17.0 Å². The Kier molecular flexibility index (Phi) is 6.68. The van der Waals surface area contributed by atoms with E-state index >= 15 is 0 Å². The second-order valence-electron chi connectivity index (χ2n) is 7.78. The van der Waals surface area contributed by atoms with Gasteiger partial charge < -0.3 is 15.2 Å². The molecule has 0 bridgehead atoms. The van der Waals surface area contributed by atoms with Crippen molar-refractivity contribution in [1.29, 1.82) is 0 Å². The molecule has 8 heteroatoms. The van der Waals surface area contributed by atoms with Crippen LogP contribution in [0.2, 0.25) is 0 Å². The number of carboxylic acids is 1. The first kappa shape index (κ1) is 22.7. The smallest absolute Gasteiger partial charge is 0.407 e. The molecule has 0 fully saturated rings. The molecule has 3 aromatic rings. The molecule has 0 radical (unpaired) electrons. The maximum Gasteiger partial charge on any atom is 0.407 e. The number of nitrogens with zero attached hydrogens (tertiary/aromatic N) is 1. The monoisotopic (exact) mass is 458 g/mol. The SMILES string of the molecule is O=C(NCCC=Cc1cc([N+](=O)[O-])ccc1C(=O)O)OCC1c2ccccc2-c2ccccc21. The van der Waals surface area contributed by atoms with Crippen LogP contribution < -0.4 is 5.32 Å². The van der Waals surface area contributed by atoms with Crippen molar-refractivity contribution in [3.63, 3.8) is 0 Å². The molecular formula is C26H22N2O6. The Bertz CT molecular complexity index is 1240. The average Bonchev–Trinajstić information content (AvgIpc) is 3.16. The van der Waals surface area contributed by atoms with E-state index in [0.29, 0.717) is 6.42 Å². The quantitative estimate of drug-likeness (QED) is 0.271. The molecule has 0 atom stereocenters. The van der Waals surface area contributed by atoms with Crippen LogP contribution in [0.1, 0.15) is 39.4 Å². The third-order valence-corrected chi connectivity index (χ3v) is 5.70. The van der Waals surface area contributed by atoms with Gasteiger partial charge in [0, 0.05) is 24.6 Å². The molecule has 0 aromatic heterocycles. The van der Waals surface area contributed by atoms with E-state index in [-0.39, 0.29) is 35.9 Å². The number of carboxylic acid groups (broad SMARTS) is 1. The van der Waals surface area contributed by atoms with Crippen LogP contribution in [-0.4, -0.2) is 35.2 Å². The zero-order chi connectivity index (χ0) is 24.1. The van der Waals surface area contributed by atoms with Crippen molar-refractivity contribution in [3.05, 3.63) is 105 Å². The van der Waals surface area contributed by atoms with Crippen molar-refractivity contribution in [3.8, 4) is 11.1 Å². The number of fused-ring (bicyclic) bond motifs is 3. The van der Waals surface area contributed by atoms with Crippen molar-refractivity contribution in [2.75, 3.05) is 13.2 Å². The fourth-order valence-corrected chi connectivity index (χ4v) is 4.11. The van der Waals surface area contributed by atoms with Crippen molar-refractivity contribution >= 4 is 23.8 Å². The summed E-state index contributed by atoms with van der Waals surface area (Å²) in [7, 11) is 0. The van der Waals surface area contributed by atoms with E-state index in [1.165, 1.54) is 18.2 Å². The number of nitro groups is 1. The standard InChI is InChI=1S/C26H22N2O6/c29-25(30)19-13-12-18(28(32)33)15-17(19)7-5-6-14-27-26(31)34-16-24-22-10-3-1-8-20(22)21-9-2-4-11-23(21)24/h1-5,7-13,15,24H,6,14,16H2,(H,27,31)(H,29,30). The van der Waals surface area contributed by atoms with Crippen molar-refractivity contribution < 1.29 is 24.4 Å². The highest BCUT2D eigenvalue weighted by Crippen LogP contribution is 2.44. The summed E-state index contributed by atoms with van der Waals surface area (Å²) in [6, 6.07) is 19.7. The zero-order valence-electron chi connectivity index (χ0n) is 18.1. The van der Waals surface area contributed by atoms with Gasteiger partial charge in [0.1, 0.15) is 6.61 Å². The van der Waals surface area contributed by atoms with Gasteiger partial charge in [-0.15, -0.1) is 0 Å². The lowest BCUT2D eigenvalue weighted by molar-refractivity contribution is -0.384. The van der Waals surface area contributed by atoms with E-state index in [1.54, 1.807) is 6.08 Å². The summed E-state index contributed by atoms with van der Waals surface area (Å²) in [5.41, 5.74) is 4.56. The Morgan fingerprint density at radius 3 is 2.29 bits per heavy atom. The first-order valence-corrected chi connectivity index (χ1v) is 10.7. The lowest BCUT2D eigenvalue weighted by Crippen LogP contribution is -2.26. The van der Waals surface area contributed by atoms with Gasteiger partial charge in [0.25, 0.3) is 5.69 Å². The molecule has 0 unspecified atom stereocenters. The molecule has 4 rings (SSSR count). The number of nitro benzene ring substituents is 1. The Balaban J connectivity index is 1.31. The van der Waals surface area contributed by atoms with Crippen LogP contribution in [0.5, 0.6) is 0 Å². The van der Waals surface area contributed by atoms with Gasteiger partial charge in [0.15, 0.2) is 0 Å². The van der Waals surface area contributed by atoms with Crippen LogP contribution in [0.3, 0.4) is 0 Å². The summed E-state index contributed by atoms with van der Waals surface area (Å²) in [5.74, 6) is -1.20. The molecule has 2 N–H and O–H groups in total. The maximum atomic E-state index is 12.2. The number of carbonyl (C=O) groups is 2. The molecule has 3 aromatic carbocycles. The molecule has 34 heavy (non-hydrogen) atoms. The number of amides is 1. The number of carbonyl (C=O) groups excluding carboxylic acids is 1. The van der Waals surface area contributed by atoms with E-state index in [0.717, 1.165) is 28.3 Å². The number of hydrogen-bond donors (Lipinski definition) is 2. The Morgan fingerprint density at radius 1 is 1.03 bits per heavy atom. The van der Waals surface area contributed by atoms with E-state index in [9.17, 15) is 24.8 Å². The molecular weight excluding hydrogens is 436 g/mol. The largest absolute Gasteiger partial charge is 0.478 e. The van der Waals surface area contributed by atoms with E-state index in [4.69, 9.17) is 4.74 Å². The minimum atomic E-state index is -1.17. The number of rotatable bonds is 8. The van der Waals surface area contributed by atoms with Crippen LogP contribution in [0, 0.1) is 10.1 Å². The van der Waals surface area contributed by atoms with Crippen molar-refractivity contribution in [2.24, 2.45) is 0 Å². The van der Waals surface area contributed by atoms with Crippen LogP contribution in [-0.2, 0) is 4.74 Å². The number of alkyl carbamates (subject to hydrolysis) is 1.